The predicted octanol–water partition coefficient (Wildman–Crippen LogP) is 3.53. The maximum atomic E-state index is 9.60. The maximum Gasteiger partial charge on any atom is 0.0726 e. The fourth-order valence-corrected chi connectivity index (χ4v) is 2.07. The quantitative estimate of drug-likeness (QED) is 0.670. The van der Waals surface area contributed by atoms with Crippen LogP contribution in [0.3, 0.4) is 0 Å². The Morgan fingerprint density at radius 1 is 1.43 bits per heavy atom. The third-order valence-corrected chi connectivity index (χ3v) is 2.88. The van der Waals surface area contributed by atoms with Gasteiger partial charge >= 0.3 is 0 Å². The number of hydrogen-bond acceptors (Lipinski definition) is 1. The lowest BCUT2D eigenvalue weighted by molar-refractivity contribution is 0.178. The van der Waals surface area contributed by atoms with E-state index >= 15 is 0 Å². The molecule has 1 rings (SSSR count). The molecule has 0 aromatic rings. The molecule has 1 N–H and O–H groups in total. The molecule has 1 aliphatic rings. The van der Waals surface area contributed by atoms with Gasteiger partial charge in [0.1, 0.15) is 0 Å². The number of hydrogen-bond donors (Lipinski definition) is 1. The van der Waals surface area contributed by atoms with E-state index < -0.39 is 0 Å². The molecule has 2 atom stereocenters. The second kappa shape index (κ2) is 4.48. The van der Waals surface area contributed by atoms with Crippen molar-refractivity contribution >= 4 is 0 Å². The lowest BCUT2D eigenvalue weighted by Gasteiger charge is -2.25. The first kappa shape index (κ1) is 11.8. The lowest BCUT2D eigenvalue weighted by atomic mass is 9.82. The van der Waals surface area contributed by atoms with Crippen molar-refractivity contribution in [1.29, 1.82) is 0 Å². The monoisotopic (exact) mass is 196 g/mol. The minimum absolute atomic E-state index is 0.186. The molecule has 14 heavy (non-hydrogen) atoms. The van der Waals surface area contributed by atoms with E-state index in [0.717, 1.165) is 12.8 Å². The lowest BCUT2D eigenvalue weighted by Crippen LogP contribution is -2.17. The largest absolute Gasteiger partial charge is 0.389 e. The number of aliphatic hydroxyl groups excluding tert-OH is 1. The van der Waals surface area contributed by atoms with Gasteiger partial charge in [-0.1, -0.05) is 39.3 Å². The number of rotatable bonds is 2. The van der Waals surface area contributed by atoms with Crippen molar-refractivity contribution in [3.05, 3.63) is 11.6 Å². The molecule has 0 aliphatic heterocycles. The maximum absolute atomic E-state index is 9.60. The molecule has 1 aliphatic carbocycles. The van der Waals surface area contributed by atoms with Crippen LogP contribution < -0.4 is 0 Å². The predicted molar refractivity (Wildman–Crippen MR) is 61.2 cm³/mol. The molecule has 0 saturated heterocycles. The molecule has 1 nitrogen and oxygen atoms in total. The van der Waals surface area contributed by atoms with Gasteiger partial charge in [-0.3, -0.25) is 0 Å². The Morgan fingerprint density at radius 2 is 2.07 bits per heavy atom. The Labute approximate surface area is 88.2 Å². The zero-order chi connectivity index (χ0) is 10.8. The van der Waals surface area contributed by atoms with Crippen LogP contribution in [0.25, 0.3) is 0 Å². The third kappa shape index (κ3) is 4.28. The summed E-state index contributed by atoms with van der Waals surface area (Å²) in [6.07, 6.45) is 6.40. The minimum atomic E-state index is -0.186. The highest BCUT2D eigenvalue weighted by atomic mass is 16.3. The Kier molecular flexibility index (Phi) is 3.77. The van der Waals surface area contributed by atoms with E-state index in [2.05, 4.69) is 33.8 Å². The standard InChI is InChI=1S/C13H24O/c1-10-7-11(9-12(14)8-10)5-6-13(2,3)4/h9-10,12,14H,5-8H2,1-4H3. The Balaban J connectivity index is 2.44. The molecule has 0 fully saturated rings. The van der Waals surface area contributed by atoms with Gasteiger partial charge in [0, 0.05) is 0 Å². The first-order valence-corrected chi connectivity index (χ1v) is 5.74. The molecule has 0 aromatic carbocycles. The summed E-state index contributed by atoms with van der Waals surface area (Å²) < 4.78 is 0. The molecule has 0 aromatic heterocycles. The summed E-state index contributed by atoms with van der Waals surface area (Å²) >= 11 is 0. The van der Waals surface area contributed by atoms with Gasteiger partial charge in [-0.05, 0) is 37.0 Å². The molecular formula is C13H24O. The highest BCUT2D eigenvalue weighted by Gasteiger charge is 2.19. The minimum Gasteiger partial charge on any atom is -0.389 e. The van der Waals surface area contributed by atoms with Gasteiger partial charge in [0.15, 0.2) is 0 Å². The van der Waals surface area contributed by atoms with E-state index in [-0.39, 0.29) is 6.10 Å². The van der Waals surface area contributed by atoms with Gasteiger partial charge in [0.05, 0.1) is 6.10 Å². The van der Waals surface area contributed by atoms with Crippen LogP contribution >= 0.6 is 0 Å². The van der Waals surface area contributed by atoms with E-state index in [1.54, 1.807) is 0 Å². The first-order chi connectivity index (χ1) is 6.37. The van der Waals surface area contributed by atoms with Crippen molar-refractivity contribution in [2.75, 3.05) is 0 Å². The second-order valence-corrected chi connectivity index (χ2v) is 6.00. The van der Waals surface area contributed by atoms with Crippen molar-refractivity contribution in [2.45, 2.75) is 59.5 Å². The van der Waals surface area contributed by atoms with Crippen LogP contribution in [0, 0.1) is 11.3 Å². The van der Waals surface area contributed by atoms with Crippen molar-refractivity contribution in [3.8, 4) is 0 Å². The normalized spacial score (nSPS) is 28.8. The summed E-state index contributed by atoms with van der Waals surface area (Å²) in [5.41, 5.74) is 1.87. The summed E-state index contributed by atoms with van der Waals surface area (Å²) in [7, 11) is 0. The summed E-state index contributed by atoms with van der Waals surface area (Å²) in [4.78, 5) is 0. The molecule has 0 radical (unpaired) electrons. The Morgan fingerprint density at radius 3 is 2.57 bits per heavy atom. The van der Waals surface area contributed by atoms with Gasteiger partial charge in [0.2, 0.25) is 0 Å². The highest BCUT2D eigenvalue weighted by molar-refractivity contribution is 5.10. The molecule has 0 saturated carbocycles. The SMILES string of the molecule is CC1CC(CCC(C)(C)C)=CC(O)C1. The van der Waals surface area contributed by atoms with Crippen molar-refractivity contribution < 1.29 is 5.11 Å². The molecule has 2 unspecified atom stereocenters. The summed E-state index contributed by atoms with van der Waals surface area (Å²) in [6, 6.07) is 0. The Bertz CT molecular complexity index is 210. The van der Waals surface area contributed by atoms with Gasteiger partial charge < -0.3 is 5.11 Å². The van der Waals surface area contributed by atoms with E-state index in [1.165, 1.54) is 18.4 Å². The molecule has 0 amide bonds. The zero-order valence-electron chi connectivity index (χ0n) is 10.0. The molecule has 0 bridgehead atoms. The van der Waals surface area contributed by atoms with Crippen LogP contribution in [0.1, 0.15) is 53.4 Å². The number of allylic oxidation sites excluding steroid dienone is 1. The van der Waals surface area contributed by atoms with Crippen LogP contribution in [0.5, 0.6) is 0 Å². The fraction of sp³-hybridized carbons (Fsp3) is 0.846. The molecule has 0 spiro atoms. The molecular weight excluding hydrogens is 172 g/mol. The van der Waals surface area contributed by atoms with Gasteiger partial charge in [-0.2, -0.15) is 0 Å². The summed E-state index contributed by atoms with van der Waals surface area (Å²) in [5.74, 6) is 0.657. The average Bonchev–Trinajstić information content (AvgIpc) is 1.97. The van der Waals surface area contributed by atoms with Gasteiger partial charge in [-0.25, -0.2) is 0 Å². The summed E-state index contributed by atoms with van der Waals surface area (Å²) in [6.45, 7) is 9.05. The van der Waals surface area contributed by atoms with Crippen LogP contribution in [-0.4, -0.2) is 11.2 Å². The van der Waals surface area contributed by atoms with E-state index in [4.69, 9.17) is 0 Å². The molecule has 82 valence electrons. The highest BCUT2D eigenvalue weighted by Crippen LogP contribution is 2.30. The van der Waals surface area contributed by atoms with Crippen molar-refractivity contribution in [3.63, 3.8) is 0 Å². The van der Waals surface area contributed by atoms with Crippen LogP contribution in [0.15, 0.2) is 11.6 Å². The van der Waals surface area contributed by atoms with Crippen molar-refractivity contribution in [2.24, 2.45) is 11.3 Å². The fourth-order valence-electron chi connectivity index (χ4n) is 2.07. The topological polar surface area (TPSA) is 20.2 Å². The van der Waals surface area contributed by atoms with Crippen LogP contribution in [0.2, 0.25) is 0 Å². The van der Waals surface area contributed by atoms with Gasteiger partial charge in [0.25, 0.3) is 0 Å². The second-order valence-electron chi connectivity index (χ2n) is 6.00. The van der Waals surface area contributed by atoms with E-state index in [9.17, 15) is 5.11 Å². The molecule has 0 heterocycles. The number of aliphatic hydroxyl groups is 1. The first-order valence-electron chi connectivity index (χ1n) is 5.74. The van der Waals surface area contributed by atoms with E-state index in [0.29, 0.717) is 11.3 Å². The van der Waals surface area contributed by atoms with Crippen LogP contribution in [-0.2, 0) is 0 Å². The summed E-state index contributed by atoms with van der Waals surface area (Å²) in [5, 5.41) is 9.60. The van der Waals surface area contributed by atoms with E-state index in [1.807, 2.05) is 0 Å². The average molecular weight is 196 g/mol. The van der Waals surface area contributed by atoms with Gasteiger partial charge in [-0.15, -0.1) is 0 Å². The smallest absolute Gasteiger partial charge is 0.0726 e. The Hall–Kier alpha value is -0.300. The van der Waals surface area contributed by atoms with Crippen molar-refractivity contribution in [1.82, 2.24) is 0 Å². The zero-order valence-corrected chi connectivity index (χ0v) is 10.0. The molecule has 1 heteroatoms. The van der Waals surface area contributed by atoms with Crippen LogP contribution in [0.4, 0.5) is 0 Å². The third-order valence-electron chi connectivity index (χ3n) is 2.88.